The highest BCUT2D eigenvalue weighted by molar-refractivity contribution is 5.80. The van der Waals surface area contributed by atoms with Gasteiger partial charge in [0.15, 0.2) is 0 Å². The first kappa shape index (κ1) is 13.3. The lowest BCUT2D eigenvalue weighted by molar-refractivity contribution is -0.186. The molecule has 0 saturated heterocycles. The summed E-state index contributed by atoms with van der Waals surface area (Å²) in [4.78, 5) is 21.8. The second-order valence-electron chi connectivity index (χ2n) is 4.55. The van der Waals surface area contributed by atoms with Gasteiger partial charge in [0.05, 0.1) is 0 Å². The van der Waals surface area contributed by atoms with Crippen molar-refractivity contribution in [3.63, 3.8) is 0 Å². The lowest BCUT2D eigenvalue weighted by atomic mass is 10.0. The average Bonchev–Trinajstić information content (AvgIpc) is 2.77. The van der Waals surface area contributed by atoms with Crippen LogP contribution in [0.5, 0.6) is 0 Å². The van der Waals surface area contributed by atoms with E-state index in [9.17, 15) is 9.59 Å². The molecule has 2 aromatic carbocycles. The van der Waals surface area contributed by atoms with Crippen molar-refractivity contribution in [2.45, 2.75) is 5.79 Å². The summed E-state index contributed by atoms with van der Waals surface area (Å²) in [5, 5.41) is 9.10. The number of rotatable bonds is 4. The first-order chi connectivity index (χ1) is 10.2. The number of carbonyl (C=O) groups excluding carboxylic acids is 1. The molecule has 21 heavy (non-hydrogen) atoms. The minimum Gasteiger partial charge on any atom is -0.450 e. The zero-order chi connectivity index (χ0) is 14.9. The van der Waals surface area contributed by atoms with Gasteiger partial charge in [0.1, 0.15) is 12.9 Å². The summed E-state index contributed by atoms with van der Waals surface area (Å²) in [6.07, 6.45) is -0.899. The van der Waals surface area contributed by atoms with Gasteiger partial charge < -0.3 is 19.4 Å². The van der Waals surface area contributed by atoms with Crippen LogP contribution in [0.2, 0.25) is 0 Å². The fourth-order valence-electron chi connectivity index (χ4n) is 2.72. The van der Waals surface area contributed by atoms with Crippen LogP contribution < -0.4 is 0 Å². The Hall–Kier alpha value is -2.66. The Morgan fingerprint density at radius 3 is 2.05 bits per heavy atom. The highest BCUT2D eigenvalue weighted by atomic mass is 16.8. The summed E-state index contributed by atoms with van der Waals surface area (Å²) in [6, 6.07) is 14.5. The van der Waals surface area contributed by atoms with E-state index in [1.54, 1.807) is 24.3 Å². The number of carbonyl (C=O) groups is 2. The Kier molecular flexibility index (Phi) is 3.19. The van der Waals surface area contributed by atoms with E-state index in [4.69, 9.17) is 14.6 Å². The minimum absolute atomic E-state index is 0.268. The molecule has 5 heteroatoms. The summed E-state index contributed by atoms with van der Waals surface area (Å²) < 4.78 is 10.6. The van der Waals surface area contributed by atoms with Crippen LogP contribution in [0, 0.1) is 0 Å². The quantitative estimate of drug-likeness (QED) is 0.531. The van der Waals surface area contributed by atoms with Gasteiger partial charge >= 0.3 is 6.16 Å². The van der Waals surface area contributed by atoms with Gasteiger partial charge in [-0.1, -0.05) is 48.5 Å². The van der Waals surface area contributed by atoms with Crippen molar-refractivity contribution in [3.8, 4) is 11.1 Å². The molecule has 0 radical (unpaired) electrons. The maximum absolute atomic E-state index is 11.2. The number of aldehydes is 1. The smallest absolute Gasteiger partial charge is 0.450 e. The van der Waals surface area contributed by atoms with Gasteiger partial charge in [0, 0.05) is 11.1 Å². The number of hydrogen-bond acceptors (Lipinski definition) is 4. The van der Waals surface area contributed by atoms with Crippen molar-refractivity contribution < 1.29 is 24.2 Å². The molecule has 0 aromatic heterocycles. The molecule has 0 atom stereocenters. The van der Waals surface area contributed by atoms with E-state index in [0.717, 1.165) is 11.1 Å². The molecule has 5 nitrogen and oxygen atoms in total. The lowest BCUT2D eigenvalue weighted by Crippen LogP contribution is -2.35. The number of ether oxygens (including phenoxy) is 2. The van der Waals surface area contributed by atoms with Crippen molar-refractivity contribution in [3.05, 3.63) is 59.7 Å². The Balaban J connectivity index is 2.26. The standard InChI is InChI=1S/C16H12O5/c17-9-10-20-16(21-15(18)19)13-7-3-1-5-11(13)12-6-2-4-8-14(12)16/h1-9H,10H2,(H,18,19). The monoisotopic (exact) mass is 284 g/mol. The normalized spacial score (nSPS) is 14.1. The summed E-state index contributed by atoms with van der Waals surface area (Å²) >= 11 is 0. The van der Waals surface area contributed by atoms with Crippen LogP contribution >= 0.6 is 0 Å². The van der Waals surface area contributed by atoms with Gasteiger partial charge in [-0.05, 0) is 11.1 Å². The van der Waals surface area contributed by atoms with Gasteiger partial charge in [0.25, 0.3) is 5.79 Å². The van der Waals surface area contributed by atoms with Crippen LogP contribution in [-0.4, -0.2) is 24.2 Å². The second kappa shape index (κ2) is 5.03. The first-order valence-corrected chi connectivity index (χ1v) is 6.38. The molecule has 0 saturated carbocycles. The van der Waals surface area contributed by atoms with Crippen LogP contribution in [0.1, 0.15) is 11.1 Å². The molecule has 0 unspecified atom stereocenters. The highest BCUT2D eigenvalue weighted by Gasteiger charge is 2.48. The Labute approximate surface area is 120 Å². The van der Waals surface area contributed by atoms with Crippen LogP contribution in [0.25, 0.3) is 11.1 Å². The van der Waals surface area contributed by atoms with Crippen molar-refractivity contribution in [2.75, 3.05) is 6.61 Å². The van der Waals surface area contributed by atoms with Crippen molar-refractivity contribution in [2.24, 2.45) is 0 Å². The van der Waals surface area contributed by atoms with Gasteiger partial charge in [-0.3, -0.25) is 0 Å². The third kappa shape index (κ3) is 1.98. The predicted molar refractivity (Wildman–Crippen MR) is 73.8 cm³/mol. The molecule has 2 aromatic rings. The molecular weight excluding hydrogens is 272 g/mol. The molecule has 3 rings (SSSR count). The first-order valence-electron chi connectivity index (χ1n) is 6.38. The molecule has 106 valence electrons. The third-order valence-electron chi connectivity index (χ3n) is 3.44. The van der Waals surface area contributed by atoms with Crippen LogP contribution in [0.4, 0.5) is 4.79 Å². The minimum atomic E-state index is -1.60. The molecule has 0 heterocycles. The zero-order valence-corrected chi connectivity index (χ0v) is 11.0. The Morgan fingerprint density at radius 1 is 1.05 bits per heavy atom. The van der Waals surface area contributed by atoms with Gasteiger partial charge in [-0.15, -0.1) is 0 Å². The van der Waals surface area contributed by atoms with E-state index in [0.29, 0.717) is 17.4 Å². The Bertz CT molecular complexity index is 662. The van der Waals surface area contributed by atoms with E-state index in [1.807, 2.05) is 24.3 Å². The average molecular weight is 284 g/mol. The predicted octanol–water partition coefficient (Wildman–Crippen LogP) is 2.78. The lowest BCUT2D eigenvalue weighted by Gasteiger charge is -2.29. The van der Waals surface area contributed by atoms with E-state index < -0.39 is 11.9 Å². The summed E-state index contributed by atoms with van der Waals surface area (Å²) in [7, 11) is 0. The van der Waals surface area contributed by atoms with Gasteiger partial charge in [0.2, 0.25) is 0 Å². The maximum atomic E-state index is 11.2. The molecular formula is C16H12O5. The van der Waals surface area contributed by atoms with E-state index >= 15 is 0 Å². The number of hydrogen-bond donors (Lipinski definition) is 1. The number of carboxylic acid groups (broad SMARTS) is 1. The molecule has 1 N–H and O–H groups in total. The van der Waals surface area contributed by atoms with E-state index in [1.165, 1.54) is 0 Å². The number of benzene rings is 2. The van der Waals surface area contributed by atoms with Gasteiger partial charge in [-0.25, -0.2) is 4.79 Å². The van der Waals surface area contributed by atoms with E-state index in [2.05, 4.69) is 0 Å². The molecule has 0 aliphatic heterocycles. The third-order valence-corrected chi connectivity index (χ3v) is 3.44. The van der Waals surface area contributed by atoms with Crippen LogP contribution in [0.15, 0.2) is 48.5 Å². The van der Waals surface area contributed by atoms with E-state index in [-0.39, 0.29) is 6.61 Å². The highest BCUT2D eigenvalue weighted by Crippen LogP contribution is 2.50. The van der Waals surface area contributed by atoms with Crippen molar-refractivity contribution >= 4 is 12.4 Å². The van der Waals surface area contributed by atoms with Gasteiger partial charge in [-0.2, -0.15) is 0 Å². The zero-order valence-electron chi connectivity index (χ0n) is 11.0. The molecule has 1 aliphatic carbocycles. The SMILES string of the molecule is O=CCOC1(OC(=O)O)c2ccccc2-c2ccccc21. The second-order valence-corrected chi connectivity index (χ2v) is 4.55. The van der Waals surface area contributed by atoms with Crippen molar-refractivity contribution in [1.29, 1.82) is 0 Å². The summed E-state index contributed by atoms with van der Waals surface area (Å²) in [5.74, 6) is -1.60. The molecule has 0 spiro atoms. The summed E-state index contributed by atoms with van der Waals surface area (Å²) in [6.45, 7) is -0.268. The number of fused-ring (bicyclic) bond motifs is 3. The van der Waals surface area contributed by atoms with Crippen LogP contribution in [0.3, 0.4) is 0 Å². The molecule has 0 fully saturated rings. The molecule has 0 bridgehead atoms. The fourth-order valence-corrected chi connectivity index (χ4v) is 2.72. The topological polar surface area (TPSA) is 72.8 Å². The Morgan fingerprint density at radius 2 is 1.57 bits per heavy atom. The maximum Gasteiger partial charge on any atom is 0.508 e. The van der Waals surface area contributed by atoms with Crippen LogP contribution in [-0.2, 0) is 20.1 Å². The molecule has 0 amide bonds. The largest absolute Gasteiger partial charge is 0.508 e. The molecule has 1 aliphatic rings. The fraction of sp³-hybridized carbons (Fsp3) is 0.125. The summed E-state index contributed by atoms with van der Waals surface area (Å²) in [5.41, 5.74) is 2.83. The van der Waals surface area contributed by atoms with Crippen molar-refractivity contribution in [1.82, 2.24) is 0 Å².